The van der Waals surface area contributed by atoms with Crippen LogP contribution in [0.25, 0.3) is 0 Å². The monoisotopic (exact) mass is 177 g/mol. The number of rotatable bonds is 3. The van der Waals surface area contributed by atoms with E-state index in [9.17, 15) is 0 Å². The van der Waals surface area contributed by atoms with Gasteiger partial charge >= 0.3 is 0 Å². The van der Waals surface area contributed by atoms with Gasteiger partial charge < -0.3 is 5.32 Å². The quantitative estimate of drug-likeness (QED) is 0.699. The molecular formula is C12H19N. The van der Waals surface area contributed by atoms with Crippen LogP contribution in [0.1, 0.15) is 39.5 Å². The zero-order chi connectivity index (χ0) is 9.31. The smallest absolute Gasteiger partial charge is 0.0434 e. The molecule has 0 unspecified atom stereocenters. The van der Waals surface area contributed by atoms with Gasteiger partial charge in [-0.15, -0.1) is 0 Å². The van der Waals surface area contributed by atoms with Crippen molar-refractivity contribution in [3.63, 3.8) is 0 Å². The van der Waals surface area contributed by atoms with Crippen LogP contribution >= 0.6 is 0 Å². The van der Waals surface area contributed by atoms with E-state index in [-0.39, 0.29) is 0 Å². The van der Waals surface area contributed by atoms with E-state index in [1.165, 1.54) is 31.3 Å². The Kier molecular flexibility index (Phi) is 2.29. The molecule has 2 aliphatic rings. The second kappa shape index (κ2) is 3.30. The highest BCUT2D eigenvalue weighted by molar-refractivity contribution is 5.39. The summed E-state index contributed by atoms with van der Waals surface area (Å²) >= 11 is 0. The fraction of sp³-hybridized carbons (Fsp3) is 0.667. The normalized spacial score (nSPS) is 24.7. The summed E-state index contributed by atoms with van der Waals surface area (Å²) in [6.07, 6.45) is 12.1. The van der Waals surface area contributed by atoms with E-state index in [2.05, 4.69) is 37.4 Å². The molecule has 0 aliphatic heterocycles. The number of hydrogen-bond donors (Lipinski definition) is 1. The summed E-state index contributed by atoms with van der Waals surface area (Å²) in [5, 5.41) is 3.68. The second-order valence-corrected chi connectivity index (χ2v) is 4.52. The van der Waals surface area contributed by atoms with Crippen LogP contribution < -0.4 is 5.32 Å². The minimum Gasteiger partial charge on any atom is -0.305 e. The van der Waals surface area contributed by atoms with Crippen molar-refractivity contribution in [2.75, 3.05) is 0 Å². The van der Waals surface area contributed by atoms with E-state index < -0.39 is 0 Å². The van der Waals surface area contributed by atoms with E-state index in [1.807, 2.05) is 0 Å². The highest BCUT2D eigenvalue weighted by Crippen LogP contribution is 2.44. The molecule has 0 atom stereocenters. The lowest BCUT2D eigenvalue weighted by Gasteiger charge is -2.23. The van der Waals surface area contributed by atoms with Gasteiger partial charge in [-0.3, -0.25) is 0 Å². The fourth-order valence-corrected chi connectivity index (χ4v) is 2.16. The largest absolute Gasteiger partial charge is 0.305 e. The Bertz CT molecular complexity index is 244. The highest BCUT2D eigenvalue weighted by Gasteiger charge is 2.45. The average Bonchev–Trinajstić information content (AvgIpc) is 2.86. The Morgan fingerprint density at radius 2 is 2.08 bits per heavy atom. The van der Waals surface area contributed by atoms with Gasteiger partial charge in [-0.2, -0.15) is 0 Å². The lowest BCUT2D eigenvalue weighted by Crippen LogP contribution is -2.38. The molecule has 0 heterocycles. The Hall–Kier alpha value is -0.560. The minimum atomic E-state index is 0.366. The van der Waals surface area contributed by atoms with Crippen LogP contribution in [-0.4, -0.2) is 11.6 Å². The zero-order valence-electron chi connectivity index (χ0n) is 8.64. The molecule has 13 heavy (non-hydrogen) atoms. The van der Waals surface area contributed by atoms with Gasteiger partial charge in [0.15, 0.2) is 0 Å². The van der Waals surface area contributed by atoms with Crippen molar-refractivity contribution in [3.8, 4) is 0 Å². The first-order valence-corrected chi connectivity index (χ1v) is 5.38. The second-order valence-electron chi connectivity index (χ2n) is 4.52. The highest BCUT2D eigenvalue weighted by atomic mass is 15.0. The molecule has 1 fully saturated rings. The SMILES string of the molecule is CC(C)NC1(C2=CCCC=C2)CC1. The molecule has 2 rings (SSSR count). The molecule has 0 spiro atoms. The number of nitrogens with one attached hydrogen (secondary N) is 1. The molecule has 72 valence electrons. The fourth-order valence-electron chi connectivity index (χ4n) is 2.16. The van der Waals surface area contributed by atoms with Crippen molar-refractivity contribution in [1.82, 2.24) is 5.32 Å². The molecule has 0 aromatic heterocycles. The first-order chi connectivity index (χ1) is 6.23. The maximum atomic E-state index is 3.68. The van der Waals surface area contributed by atoms with Crippen LogP contribution in [0, 0.1) is 0 Å². The number of allylic oxidation sites excluding steroid dienone is 2. The molecule has 0 aromatic rings. The third-order valence-corrected chi connectivity index (χ3v) is 2.86. The van der Waals surface area contributed by atoms with Crippen LogP contribution in [0.3, 0.4) is 0 Å². The molecule has 0 saturated heterocycles. The zero-order valence-corrected chi connectivity index (χ0v) is 8.64. The number of hydrogen-bond acceptors (Lipinski definition) is 1. The third kappa shape index (κ3) is 1.86. The average molecular weight is 177 g/mol. The molecule has 0 aromatic carbocycles. The summed E-state index contributed by atoms with van der Waals surface area (Å²) < 4.78 is 0. The summed E-state index contributed by atoms with van der Waals surface area (Å²) in [6, 6.07) is 0.596. The van der Waals surface area contributed by atoms with Crippen molar-refractivity contribution in [3.05, 3.63) is 23.8 Å². The summed E-state index contributed by atoms with van der Waals surface area (Å²) in [5.41, 5.74) is 1.90. The topological polar surface area (TPSA) is 12.0 Å². The van der Waals surface area contributed by atoms with E-state index in [4.69, 9.17) is 0 Å². The Morgan fingerprint density at radius 1 is 1.31 bits per heavy atom. The van der Waals surface area contributed by atoms with Crippen LogP contribution in [-0.2, 0) is 0 Å². The predicted molar refractivity (Wildman–Crippen MR) is 56.7 cm³/mol. The molecule has 1 N–H and O–H groups in total. The molecular weight excluding hydrogens is 158 g/mol. The van der Waals surface area contributed by atoms with Crippen molar-refractivity contribution < 1.29 is 0 Å². The van der Waals surface area contributed by atoms with Gasteiger partial charge in [-0.1, -0.05) is 32.1 Å². The van der Waals surface area contributed by atoms with Crippen LogP contribution in [0.5, 0.6) is 0 Å². The Balaban J connectivity index is 2.06. The predicted octanol–water partition coefficient (Wildman–Crippen LogP) is 2.79. The van der Waals surface area contributed by atoms with Crippen molar-refractivity contribution >= 4 is 0 Å². The maximum absolute atomic E-state index is 3.68. The van der Waals surface area contributed by atoms with Gasteiger partial charge in [0.25, 0.3) is 0 Å². The van der Waals surface area contributed by atoms with Gasteiger partial charge in [0, 0.05) is 11.6 Å². The van der Waals surface area contributed by atoms with Gasteiger partial charge in [0.2, 0.25) is 0 Å². The first-order valence-electron chi connectivity index (χ1n) is 5.38. The first kappa shape index (κ1) is 9.01. The lowest BCUT2D eigenvalue weighted by atomic mass is 9.97. The summed E-state index contributed by atoms with van der Waals surface area (Å²) in [6.45, 7) is 4.46. The molecule has 1 nitrogen and oxygen atoms in total. The Labute approximate surface area is 80.9 Å². The van der Waals surface area contributed by atoms with Crippen molar-refractivity contribution in [2.45, 2.75) is 51.1 Å². The van der Waals surface area contributed by atoms with Gasteiger partial charge in [-0.05, 0) is 31.3 Å². The van der Waals surface area contributed by atoms with E-state index >= 15 is 0 Å². The van der Waals surface area contributed by atoms with Gasteiger partial charge in [0.05, 0.1) is 0 Å². The minimum absolute atomic E-state index is 0.366. The molecule has 2 aliphatic carbocycles. The maximum Gasteiger partial charge on any atom is 0.0434 e. The molecule has 0 radical (unpaired) electrons. The Morgan fingerprint density at radius 3 is 2.54 bits per heavy atom. The van der Waals surface area contributed by atoms with Crippen LogP contribution in [0.15, 0.2) is 23.8 Å². The van der Waals surface area contributed by atoms with E-state index in [1.54, 1.807) is 0 Å². The summed E-state index contributed by atoms with van der Waals surface area (Å²) in [4.78, 5) is 0. The van der Waals surface area contributed by atoms with Gasteiger partial charge in [0.1, 0.15) is 0 Å². The standard InChI is InChI=1S/C12H19N/c1-10(2)13-12(8-9-12)11-6-4-3-5-7-11/h4,6-7,10,13H,3,5,8-9H2,1-2H3. The van der Waals surface area contributed by atoms with Crippen LogP contribution in [0.2, 0.25) is 0 Å². The summed E-state index contributed by atoms with van der Waals surface area (Å²) in [7, 11) is 0. The molecule has 0 amide bonds. The van der Waals surface area contributed by atoms with E-state index in [0.717, 1.165) is 0 Å². The molecule has 0 bridgehead atoms. The summed E-state index contributed by atoms with van der Waals surface area (Å²) in [5.74, 6) is 0. The van der Waals surface area contributed by atoms with Crippen molar-refractivity contribution in [2.24, 2.45) is 0 Å². The molecule has 1 heteroatoms. The lowest BCUT2D eigenvalue weighted by molar-refractivity contribution is 0.499. The third-order valence-electron chi connectivity index (χ3n) is 2.86. The van der Waals surface area contributed by atoms with Gasteiger partial charge in [-0.25, -0.2) is 0 Å². The van der Waals surface area contributed by atoms with Crippen molar-refractivity contribution in [1.29, 1.82) is 0 Å². The van der Waals surface area contributed by atoms with Crippen LogP contribution in [0.4, 0.5) is 0 Å². The van der Waals surface area contributed by atoms with E-state index in [0.29, 0.717) is 11.6 Å². The molecule has 1 saturated carbocycles.